The van der Waals surface area contributed by atoms with Gasteiger partial charge in [-0.1, -0.05) is 49.7 Å². The highest BCUT2D eigenvalue weighted by molar-refractivity contribution is 6.30. The number of nitrogens with zero attached hydrogens (tertiary/aromatic N) is 1. The van der Waals surface area contributed by atoms with Crippen molar-refractivity contribution in [2.75, 3.05) is 18.1 Å². The van der Waals surface area contributed by atoms with Crippen molar-refractivity contribution in [3.8, 4) is 5.75 Å². The van der Waals surface area contributed by atoms with E-state index < -0.39 is 5.72 Å². The summed E-state index contributed by atoms with van der Waals surface area (Å²) in [6.45, 7) is 12.2. The normalized spacial score (nSPS) is 22.3. The number of benzene rings is 2. The monoisotopic (exact) mass is 423 g/mol. The van der Waals surface area contributed by atoms with Gasteiger partial charge in [-0.05, 0) is 68.3 Å². The van der Waals surface area contributed by atoms with Crippen LogP contribution in [-0.4, -0.2) is 25.0 Å². The molecule has 2 heterocycles. The topological polar surface area (TPSA) is 21.7 Å². The smallest absolute Gasteiger partial charge is 0.170 e. The number of allylic oxidation sites excluding steroid dienone is 1. The lowest BCUT2D eigenvalue weighted by atomic mass is 9.77. The van der Waals surface area contributed by atoms with Crippen LogP contribution in [0.15, 0.2) is 48.6 Å². The summed E-state index contributed by atoms with van der Waals surface area (Å²) in [5, 5.41) is 0.763. The summed E-state index contributed by atoms with van der Waals surface area (Å²) in [4.78, 5) is 2.37. The van der Waals surface area contributed by atoms with E-state index in [0.29, 0.717) is 6.61 Å². The number of fused-ring (bicyclic) bond motifs is 3. The predicted octanol–water partition coefficient (Wildman–Crippen LogP) is 6.70. The highest BCUT2D eigenvalue weighted by atomic mass is 35.5. The van der Waals surface area contributed by atoms with Crippen molar-refractivity contribution in [2.45, 2.75) is 51.9 Å². The maximum Gasteiger partial charge on any atom is 0.170 e. The Morgan fingerprint density at radius 1 is 1.13 bits per heavy atom. The van der Waals surface area contributed by atoms with E-state index in [-0.39, 0.29) is 11.5 Å². The first-order valence-electron chi connectivity index (χ1n) is 10.6. The predicted molar refractivity (Wildman–Crippen MR) is 126 cm³/mol. The van der Waals surface area contributed by atoms with Crippen LogP contribution in [0.1, 0.15) is 51.3 Å². The van der Waals surface area contributed by atoms with Crippen LogP contribution in [0.5, 0.6) is 5.75 Å². The molecule has 0 bridgehead atoms. The zero-order valence-electron chi connectivity index (χ0n) is 18.4. The molecule has 30 heavy (non-hydrogen) atoms. The molecule has 0 amide bonds. The molecule has 0 aliphatic carbocycles. The second-order valence-corrected chi connectivity index (χ2v) is 9.22. The molecule has 1 atom stereocenters. The molecular formula is C26H30ClNO2. The van der Waals surface area contributed by atoms with Crippen molar-refractivity contribution in [2.24, 2.45) is 0 Å². The molecule has 2 aliphatic rings. The van der Waals surface area contributed by atoms with Crippen LogP contribution >= 0.6 is 11.6 Å². The Hall–Kier alpha value is -2.23. The average molecular weight is 424 g/mol. The Labute approximate surface area is 184 Å². The van der Waals surface area contributed by atoms with E-state index in [0.717, 1.165) is 28.4 Å². The van der Waals surface area contributed by atoms with Crippen LogP contribution in [0.25, 0.3) is 12.2 Å². The van der Waals surface area contributed by atoms with Crippen LogP contribution in [0.2, 0.25) is 5.02 Å². The number of halogens is 1. The lowest BCUT2D eigenvalue weighted by Gasteiger charge is -2.39. The molecule has 1 fully saturated rings. The van der Waals surface area contributed by atoms with Gasteiger partial charge in [0.05, 0.1) is 12.7 Å². The SMILES string of the molecule is C/C=C/c1cc(/C=C/[C@]23OCCN2c2ccc(Cl)cc2C3(C)C)ccc1OC(C)C. The molecular weight excluding hydrogens is 394 g/mol. The zero-order valence-corrected chi connectivity index (χ0v) is 19.2. The number of ether oxygens (including phenoxy) is 2. The molecule has 4 rings (SSSR count). The summed E-state index contributed by atoms with van der Waals surface area (Å²) in [5.74, 6) is 0.903. The highest BCUT2D eigenvalue weighted by Gasteiger charge is 2.59. The molecule has 0 spiro atoms. The fraction of sp³-hybridized carbons (Fsp3) is 0.385. The van der Waals surface area contributed by atoms with Crippen molar-refractivity contribution in [1.82, 2.24) is 0 Å². The molecule has 2 aromatic rings. The van der Waals surface area contributed by atoms with Crippen molar-refractivity contribution >= 4 is 29.4 Å². The van der Waals surface area contributed by atoms with Gasteiger partial charge in [-0.25, -0.2) is 0 Å². The number of rotatable bonds is 5. The second-order valence-electron chi connectivity index (χ2n) is 8.78. The average Bonchev–Trinajstić information content (AvgIpc) is 3.19. The summed E-state index contributed by atoms with van der Waals surface area (Å²) in [7, 11) is 0. The maximum absolute atomic E-state index is 6.44. The first kappa shape index (κ1) is 21.0. The van der Waals surface area contributed by atoms with Gasteiger partial charge >= 0.3 is 0 Å². The van der Waals surface area contributed by atoms with Gasteiger partial charge < -0.3 is 14.4 Å². The minimum Gasteiger partial charge on any atom is -0.490 e. The number of hydrogen-bond acceptors (Lipinski definition) is 3. The van der Waals surface area contributed by atoms with Crippen molar-refractivity contribution in [1.29, 1.82) is 0 Å². The summed E-state index contributed by atoms with van der Waals surface area (Å²) in [6.07, 6.45) is 8.64. The van der Waals surface area contributed by atoms with E-state index in [4.69, 9.17) is 21.1 Å². The van der Waals surface area contributed by atoms with Crippen LogP contribution in [-0.2, 0) is 10.2 Å². The lowest BCUT2D eigenvalue weighted by Crippen LogP contribution is -2.51. The molecule has 3 nitrogen and oxygen atoms in total. The summed E-state index contributed by atoms with van der Waals surface area (Å²) < 4.78 is 12.4. The largest absolute Gasteiger partial charge is 0.490 e. The Morgan fingerprint density at radius 3 is 2.67 bits per heavy atom. The molecule has 158 valence electrons. The first-order valence-corrected chi connectivity index (χ1v) is 11.0. The van der Waals surface area contributed by atoms with E-state index in [1.54, 1.807) is 0 Å². The van der Waals surface area contributed by atoms with Crippen LogP contribution < -0.4 is 9.64 Å². The van der Waals surface area contributed by atoms with Crippen molar-refractivity contribution < 1.29 is 9.47 Å². The quantitative estimate of drug-likeness (QED) is 0.534. The van der Waals surface area contributed by atoms with E-state index in [9.17, 15) is 0 Å². The van der Waals surface area contributed by atoms with Gasteiger partial charge in [-0.15, -0.1) is 0 Å². The Bertz CT molecular complexity index is 1010. The van der Waals surface area contributed by atoms with E-state index in [1.807, 2.05) is 39.0 Å². The molecule has 0 N–H and O–H groups in total. The van der Waals surface area contributed by atoms with E-state index in [2.05, 4.69) is 61.2 Å². The standard InChI is InChI=1S/C26H30ClNO2/c1-6-7-20-16-19(8-11-24(20)30-18(2)3)12-13-26-25(4,5)22-17-21(27)9-10-23(22)28(26)14-15-29-26/h6-13,16-18H,14-15H2,1-5H3/b7-6+,13-12+/t26-/m1/s1. The molecule has 1 saturated heterocycles. The molecule has 0 radical (unpaired) electrons. The summed E-state index contributed by atoms with van der Waals surface area (Å²) in [6, 6.07) is 12.5. The second kappa shape index (κ2) is 7.79. The van der Waals surface area contributed by atoms with Gasteiger partial charge in [-0.3, -0.25) is 0 Å². The van der Waals surface area contributed by atoms with Crippen molar-refractivity contribution in [3.05, 3.63) is 70.3 Å². The molecule has 0 saturated carbocycles. The fourth-order valence-electron chi connectivity index (χ4n) is 4.69. The van der Waals surface area contributed by atoms with Crippen molar-refractivity contribution in [3.63, 3.8) is 0 Å². The van der Waals surface area contributed by atoms with Gasteiger partial charge in [0.2, 0.25) is 0 Å². The maximum atomic E-state index is 6.44. The number of anilines is 1. The first-order chi connectivity index (χ1) is 14.3. The van der Waals surface area contributed by atoms with Gasteiger partial charge in [0, 0.05) is 28.2 Å². The third-order valence-electron chi connectivity index (χ3n) is 6.10. The van der Waals surface area contributed by atoms with Crippen LogP contribution in [0.4, 0.5) is 5.69 Å². The van der Waals surface area contributed by atoms with Gasteiger partial charge in [0.15, 0.2) is 5.72 Å². The Balaban J connectivity index is 1.72. The molecule has 0 aromatic heterocycles. The fourth-order valence-corrected chi connectivity index (χ4v) is 4.86. The zero-order chi connectivity index (χ0) is 21.5. The molecule has 2 aliphatic heterocycles. The van der Waals surface area contributed by atoms with Gasteiger partial charge in [0.25, 0.3) is 0 Å². The van der Waals surface area contributed by atoms with E-state index >= 15 is 0 Å². The van der Waals surface area contributed by atoms with Gasteiger partial charge in [0.1, 0.15) is 5.75 Å². The van der Waals surface area contributed by atoms with E-state index in [1.165, 1.54) is 11.3 Å². The Kier molecular flexibility index (Phi) is 5.46. The summed E-state index contributed by atoms with van der Waals surface area (Å²) in [5.41, 5.74) is 3.89. The van der Waals surface area contributed by atoms with Gasteiger partial charge in [-0.2, -0.15) is 0 Å². The van der Waals surface area contributed by atoms with Crippen LogP contribution in [0, 0.1) is 0 Å². The highest BCUT2D eigenvalue weighted by Crippen LogP contribution is 2.55. The minimum absolute atomic E-state index is 0.138. The molecule has 2 aromatic carbocycles. The Morgan fingerprint density at radius 2 is 1.93 bits per heavy atom. The number of hydrogen-bond donors (Lipinski definition) is 0. The third kappa shape index (κ3) is 3.34. The molecule has 0 unspecified atom stereocenters. The lowest BCUT2D eigenvalue weighted by molar-refractivity contribution is 0.000339. The minimum atomic E-state index is -0.520. The molecule has 4 heteroatoms. The van der Waals surface area contributed by atoms with Crippen LogP contribution in [0.3, 0.4) is 0 Å². The summed E-state index contributed by atoms with van der Waals surface area (Å²) >= 11 is 6.33. The third-order valence-corrected chi connectivity index (χ3v) is 6.34.